The molecule has 0 saturated carbocycles. The molecule has 100 valence electrons. The molecule has 1 unspecified atom stereocenters. The Morgan fingerprint density at radius 2 is 1.83 bits per heavy atom. The summed E-state index contributed by atoms with van der Waals surface area (Å²) in [5.41, 5.74) is 2.56. The van der Waals surface area contributed by atoms with Crippen LogP contribution in [0.2, 0.25) is 0 Å². The number of likely N-dealkylation sites (N-methyl/N-ethyl adjacent to an activating group) is 1. The third-order valence-electron chi connectivity index (χ3n) is 2.84. The van der Waals surface area contributed by atoms with Gasteiger partial charge in [0.15, 0.2) is 0 Å². The molecule has 1 rings (SSSR count). The summed E-state index contributed by atoms with van der Waals surface area (Å²) in [7, 11) is 0. The molecule has 2 heteroatoms. The summed E-state index contributed by atoms with van der Waals surface area (Å²) in [6.45, 7) is 11.5. The predicted octanol–water partition coefficient (Wildman–Crippen LogP) is 3.88. The van der Waals surface area contributed by atoms with Gasteiger partial charge in [0.1, 0.15) is 5.75 Å². The average molecular weight is 247 g/mol. The molecule has 0 radical (unpaired) electrons. The standard InChI is InChI=1S/C16H25NO/c1-6-17-14(5)13(4)11-15-7-9-16(10-8-15)18-12(2)3/h7-12,14,17H,6H2,1-5H3/b13-11+. The van der Waals surface area contributed by atoms with E-state index in [0.717, 1.165) is 12.3 Å². The van der Waals surface area contributed by atoms with Gasteiger partial charge in [-0.05, 0) is 51.9 Å². The van der Waals surface area contributed by atoms with Crippen molar-refractivity contribution in [2.24, 2.45) is 0 Å². The van der Waals surface area contributed by atoms with Crippen LogP contribution in [-0.2, 0) is 0 Å². The van der Waals surface area contributed by atoms with Gasteiger partial charge >= 0.3 is 0 Å². The minimum absolute atomic E-state index is 0.224. The molecule has 0 aromatic heterocycles. The normalized spacial score (nSPS) is 13.8. The molecule has 0 aliphatic carbocycles. The van der Waals surface area contributed by atoms with E-state index >= 15 is 0 Å². The molecular formula is C16H25NO. The quantitative estimate of drug-likeness (QED) is 0.824. The third-order valence-corrected chi connectivity index (χ3v) is 2.84. The summed E-state index contributed by atoms with van der Waals surface area (Å²) in [5, 5.41) is 3.41. The summed E-state index contributed by atoms with van der Waals surface area (Å²) in [6, 6.07) is 8.66. The van der Waals surface area contributed by atoms with Gasteiger partial charge in [0.05, 0.1) is 6.10 Å². The second-order valence-electron chi connectivity index (χ2n) is 4.90. The van der Waals surface area contributed by atoms with E-state index in [1.165, 1.54) is 11.1 Å². The van der Waals surface area contributed by atoms with Crippen molar-refractivity contribution in [3.63, 3.8) is 0 Å². The Bertz CT molecular complexity index is 379. The van der Waals surface area contributed by atoms with E-state index in [1.54, 1.807) is 0 Å². The highest BCUT2D eigenvalue weighted by molar-refractivity contribution is 5.54. The van der Waals surface area contributed by atoms with Gasteiger partial charge in [-0.25, -0.2) is 0 Å². The Morgan fingerprint density at radius 1 is 1.22 bits per heavy atom. The maximum Gasteiger partial charge on any atom is 0.119 e. The molecule has 0 aliphatic heterocycles. The number of nitrogens with one attached hydrogen (secondary N) is 1. The molecule has 1 aromatic rings. The number of hydrogen-bond donors (Lipinski definition) is 1. The number of hydrogen-bond acceptors (Lipinski definition) is 2. The molecule has 0 heterocycles. The third kappa shape index (κ3) is 4.92. The van der Waals surface area contributed by atoms with Gasteiger partial charge in [0.2, 0.25) is 0 Å². The zero-order valence-corrected chi connectivity index (χ0v) is 12.2. The first-order valence-corrected chi connectivity index (χ1v) is 6.71. The first kappa shape index (κ1) is 14.8. The van der Waals surface area contributed by atoms with Gasteiger partial charge in [-0.3, -0.25) is 0 Å². The second-order valence-corrected chi connectivity index (χ2v) is 4.90. The van der Waals surface area contributed by atoms with E-state index in [9.17, 15) is 0 Å². The zero-order chi connectivity index (χ0) is 13.5. The van der Waals surface area contributed by atoms with Crippen LogP contribution in [0.5, 0.6) is 5.75 Å². The molecule has 1 N–H and O–H groups in total. The van der Waals surface area contributed by atoms with E-state index in [1.807, 2.05) is 26.0 Å². The van der Waals surface area contributed by atoms with Crippen molar-refractivity contribution >= 4 is 6.08 Å². The highest BCUT2D eigenvalue weighted by Crippen LogP contribution is 2.16. The van der Waals surface area contributed by atoms with Gasteiger partial charge in [-0.1, -0.05) is 30.7 Å². The van der Waals surface area contributed by atoms with Crippen molar-refractivity contribution < 1.29 is 4.74 Å². The van der Waals surface area contributed by atoms with E-state index in [4.69, 9.17) is 4.74 Å². The van der Waals surface area contributed by atoms with Crippen molar-refractivity contribution in [2.75, 3.05) is 6.54 Å². The smallest absolute Gasteiger partial charge is 0.119 e. The van der Waals surface area contributed by atoms with Gasteiger partial charge in [0.25, 0.3) is 0 Å². The molecule has 0 saturated heterocycles. The summed E-state index contributed by atoms with van der Waals surface area (Å²) >= 11 is 0. The molecule has 18 heavy (non-hydrogen) atoms. The molecule has 0 spiro atoms. The molecule has 2 nitrogen and oxygen atoms in total. The van der Waals surface area contributed by atoms with Crippen molar-refractivity contribution in [2.45, 2.75) is 46.8 Å². The van der Waals surface area contributed by atoms with Crippen molar-refractivity contribution in [1.82, 2.24) is 5.32 Å². The largest absolute Gasteiger partial charge is 0.491 e. The summed E-state index contributed by atoms with van der Waals surface area (Å²) < 4.78 is 5.63. The summed E-state index contributed by atoms with van der Waals surface area (Å²) in [4.78, 5) is 0. The molecule has 1 aromatic carbocycles. The number of benzene rings is 1. The Morgan fingerprint density at radius 3 is 2.33 bits per heavy atom. The molecular weight excluding hydrogens is 222 g/mol. The van der Waals surface area contributed by atoms with Crippen LogP contribution < -0.4 is 10.1 Å². The monoisotopic (exact) mass is 247 g/mol. The van der Waals surface area contributed by atoms with E-state index in [-0.39, 0.29) is 6.10 Å². The predicted molar refractivity (Wildman–Crippen MR) is 79.0 cm³/mol. The average Bonchev–Trinajstić information content (AvgIpc) is 2.31. The van der Waals surface area contributed by atoms with Crippen LogP contribution in [-0.4, -0.2) is 18.7 Å². The van der Waals surface area contributed by atoms with Gasteiger partial charge in [-0.2, -0.15) is 0 Å². The zero-order valence-electron chi connectivity index (χ0n) is 12.2. The van der Waals surface area contributed by atoms with Gasteiger partial charge in [0, 0.05) is 6.04 Å². The lowest BCUT2D eigenvalue weighted by atomic mass is 10.1. The van der Waals surface area contributed by atoms with E-state index in [2.05, 4.69) is 44.3 Å². The first-order chi connectivity index (χ1) is 8.52. The minimum Gasteiger partial charge on any atom is -0.491 e. The lowest BCUT2D eigenvalue weighted by molar-refractivity contribution is 0.242. The van der Waals surface area contributed by atoms with Crippen LogP contribution in [0.15, 0.2) is 29.8 Å². The van der Waals surface area contributed by atoms with Crippen LogP contribution in [0.25, 0.3) is 6.08 Å². The highest BCUT2D eigenvalue weighted by atomic mass is 16.5. The first-order valence-electron chi connectivity index (χ1n) is 6.71. The number of ether oxygens (including phenoxy) is 1. The van der Waals surface area contributed by atoms with Gasteiger partial charge in [-0.15, -0.1) is 0 Å². The Balaban J connectivity index is 2.70. The van der Waals surface area contributed by atoms with E-state index < -0.39 is 0 Å². The van der Waals surface area contributed by atoms with Crippen LogP contribution >= 0.6 is 0 Å². The van der Waals surface area contributed by atoms with Gasteiger partial charge < -0.3 is 10.1 Å². The fourth-order valence-electron chi connectivity index (χ4n) is 1.77. The van der Waals surface area contributed by atoms with Crippen LogP contribution in [0, 0.1) is 0 Å². The SMILES string of the molecule is CCNC(C)/C(C)=C/c1ccc(OC(C)C)cc1. The Labute approximate surface area is 111 Å². The molecule has 0 aliphatic rings. The van der Waals surface area contributed by atoms with Crippen molar-refractivity contribution in [3.8, 4) is 5.75 Å². The van der Waals surface area contributed by atoms with Crippen molar-refractivity contribution in [1.29, 1.82) is 0 Å². The fourth-order valence-corrected chi connectivity index (χ4v) is 1.77. The topological polar surface area (TPSA) is 21.3 Å². The van der Waals surface area contributed by atoms with Crippen molar-refractivity contribution in [3.05, 3.63) is 35.4 Å². The van der Waals surface area contributed by atoms with E-state index in [0.29, 0.717) is 6.04 Å². The maximum atomic E-state index is 5.63. The van der Waals surface area contributed by atoms with Crippen LogP contribution in [0.3, 0.4) is 0 Å². The molecule has 1 atom stereocenters. The second kappa shape index (κ2) is 7.22. The highest BCUT2D eigenvalue weighted by Gasteiger charge is 2.02. The lowest BCUT2D eigenvalue weighted by Crippen LogP contribution is -2.26. The Kier molecular flexibility index (Phi) is 5.93. The molecule has 0 amide bonds. The van der Waals surface area contributed by atoms with Crippen LogP contribution in [0.4, 0.5) is 0 Å². The number of rotatable bonds is 6. The van der Waals surface area contributed by atoms with Crippen LogP contribution in [0.1, 0.15) is 40.2 Å². The summed E-state index contributed by atoms with van der Waals surface area (Å²) in [6.07, 6.45) is 2.44. The molecule has 0 bridgehead atoms. The summed E-state index contributed by atoms with van der Waals surface area (Å²) in [5.74, 6) is 0.930. The Hall–Kier alpha value is -1.28. The fraction of sp³-hybridized carbons (Fsp3) is 0.500. The molecule has 0 fully saturated rings. The lowest BCUT2D eigenvalue weighted by Gasteiger charge is -2.13. The minimum atomic E-state index is 0.224. The maximum absolute atomic E-state index is 5.63.